The molecule has 0 aliphatic heterocycles. The van der Waals surface area contributed by atoms with Crippen LogP contribution in [0.2, 0.25) is 0 Å². The number of benzene rings is 1. The standard InChI is InChI=1S/C14H17N3OS2/c18-13(9-19-10-5-2-1-3-6-10)15-11-7-4-8-12-14(11)17-20-16-12/h4,7-8,10H,1-3,5-6,9H2,(H,15,18). The van der Waals surface area contributed by atoms with Crippen molar-refractivity contribution in [2.45, 2.75) is 37.4 Å². The first kappa shape index (κ1) is 13.8. The Labute approximate surface area is 126 Å². The maximum absolute atomic E-state index is 12.0. The summed E-state index contributed by atoms with van der Waals surface area (Å²) in [5.74, 6) is 0.583. The second kappa shape index (κ2) is 6.54. The smallest absolute Gasteiger partial charge is 0.234 e. The molecule has 1 N–H and O–H groups in total. The number of carbonyl (C=O) groups is 1. The predicted octanol–water partition coefficient (Wildman–Crippen LogP) is 3.70. The lowest BCUT2D eigenvalue weighted by molar-refractivity contribution is -0.113. The summed E-state index contributed by atoms with van der Waals surface area (Å²) in [6, 6.07) is 5.69. The zero-order valence-corrected chi connectivity index (χ0v) is 12.8. The topological polar surface area (TPSA) is 54.9 Å². The molecule has 0 unspecified atom stereocenters. The molecule has 1 heterocycles. The molecule has 3 rings (SSSR count). The van der Waals surface area contributed by atoms with Crippen LogP contribution in [0.3, 0.4) is 0 Å². The Hall–Kier alpha value is -1.14. The van der Waals surface area contributed by atoms with Crippen molar-refractivity contribution < 1.29 is 4.79 Å². The Bertz CT molecular complexity index is 593. The third kappa shape index (κ3) is 3.30. The maximum Gasteiger partial charge on any atom is 0.234 e. The van der Waals surface area contributed by atoms with Gasteiger partial charge in [0.1, 0.15) is 11.0 Å². The number of anilines is 1. The first-order valence-corrected chi connectivity index (χ1v) is 8.73. The molecule has 0 spiro atoms. The SMILES string of the molecule is O=C(CSC1CCCCC1)Nc1cccc2nsnc12. The number of fused-ring (bicyclic) bond motifs is 1. The van der Waals surface area contributed by atoms with Gasteiger partial charge in [0.05, 0.1) is 23.2 Å². The van der Waals surface area contributed by atoms with Crippen LogP contribution in [-0.4, -0.2) is 25.7 Å². The predicted molar refractivity (Wildman–Crippen MR) is 85.4 cm³/mol. The quantitative estimate of drug-likeness (QED) is 0.936. The minimum atomic E-state index is 0.0565. The molecular weight excluding hydrogens is 290 g/mol. The molecule has 0 bridgehead atoms. The maximum atomic E-state index is 12.0. The lowest BCUT2D eigenvalue weighted by Crippen LogP contribution is -2.18. The van der Waals surface area contributed by atoms with Crippen LogP contribution in [0.15, 0.2) is 18.2 Å². The Morgan fingerprint density at radius 3 is 3.00 bits per heavy atom. The molecule has 0 atom stereocenters. The summed E-state index contributed by atoms with van der Waals surface area (Å²) in [7, 11) is 0. The van der Waals surface area contributed by atoms with E-state index in [1.54, 1.807) is 11.8 Å². The second-order valence-electron chi connectivity index (χ2n) is 5.06. The molecule has 1 aliphatic carbocycles. The van der Waals surface area contributed by atoms with Gasteiger partial charge in [-0.05, 0) is 25.0 Å². The number of aromatic nitrogens is 2. The number of thioether (sulfide) groups is 1. The highest BCUT2D eigenvalue weighted by Gasteiger charge is 2.16. The van der Waals surface area contributed by atoms with Crippen molar-refractivity contribution in [1.29, 1.82) is 0 Å². The van der Waals surface area contributed by atoms with Gasteiger partial charge in [0.2, 0.25) is 5.91 Å². The van der Waals surface area contributed by atoms with Crippen LogP contribution in [0.1, 0.15) is 32.1 Å². The molecule has 4 nitrogen and oxygen atoms in total. The molecule has 1 aromatic heterocycles. The summed E-state index contributed by atoms with van der Waals surface area (Å²) in [5.41, 5.74) is 2.40. The molecule has 1 saturated carbocycles. The van der Waals surface area contributed by atoms with Gasteiger partial charge in [-0.25, -0.2) is 0 Å². The lowest BCUT2D eigenvalue weighted by Gasteiger charge is -2.20. The average molecular weight is 307 g/mol. The summed E-state index contributed by atoms with van der Waals surface area (Å²) in [4.78, 5) is 12.0. The van der Waals surface area contributed by atoms with Crippen LogP contribution in [0.5, 0.6) is 0 Å². The summed E-state index contributed by atoms with van der Waals surface area (Å²) in [6.07, 6.45) is 6.47. The van der Waals surface area contributed by atoms with Gasteiger partial charge in [-0.15, -0.1) is 11.8 Å². The van der Waals surface area contributed by atoms with Gasteiger partial charge in [-0.3, -0.25) is 4.79 Å². The summed E-state index contributed by atoms with van der Waals surface area (Å²) < 4.78 is 8.41. The molecule has 0 radical (unpaired) electrons. The van der Waals surface area contributed by atoms with E-state index in [9.17, 15) is 4.79 Å². The third-order valence-electron chi connectivity index (χ3n) is 3.56. The Balaban J connectivity index is 1.57. The van der Waals surface area contributed by atoms with Crippen LogP contribution < -0.4 is 5.32 Å². The van der Waals surface area contributed by atoms with Gasteiger partial charge >= 0.3 is 0 Å². The van der Waals surface area contributed by atoms with Gasteiger partial charge in [0.25, 0.3) is 0 Å². The van der Waals surface area contributed by atoms with E-state index in [2.05, 4.69) is 14.1 Å². The van der Waals surface area contributed by atoms with E-state index in [0.717, 1.165) is 16.7 Å². The Kier molecular flexibility index (Phi) is 4.52. The van der Waals surface area contributed by atoms with Crippen molar-refractivity contribution in [1.82, 2.24) is 8.75 Å². The molecule has 1 fully saturated rings. The highest BCUT2D eigenvalue weighted by Crippen LogP contribution is 2.28. The second-order valence-corrected chi connectivity index (χ2v) is 6.87. The fourth-order valence-electron chi connectivity index (χ4n) is 2.52. The van der Waals surface area contributed by atoms with Crippen LogP contribution in [0.25, 0.3) is 11.0 Å². The third-order valence-corrected chi connectivity index (χ3v) is 5.48. The molecule has 1 aromatic carbocycles. The monoisotopic (exact) mass is 307 g/mol. The van der Waals surface area contributed by atoms with Crippen molar-refractivity contribution in [3.8, 4) is 0 Å². The first-order chi connectivity index (χ1) is 9.83. The number of amides is 1. The van der Waals surface area contributed by atoms with E-state index < -0.39 is 0 Å². The largest absolute Gasteiger partial charge is 0.323 e. The number of nitrogens with one attached hydrogen (secondary N) is 1. The zero-order valence-electron chi connectivity index (χ0n) is 11.2. The number of nitrogens with zero attached hydrogens (tertiary/aromatic N) is 2. The minimum Gasteiger partial charge on any atom is -0.323 e. The van der Waals surface area contributed by atoms with E-state index in [1.165, 1.54) is 43.8 Å². The lowest BCUT2D eigenvalue weighted by atomic mass is 10.0. The molecule has 1 aliphatic rings. The molecule has 1 amide bonds. The van der Waals surface area contributed by atoms with E-state index in [0.29, 0.717) is 11.0 Å². The Morgan fingerprint density at radius 2 is 2.15 bits per heavy atom. The van der Waals surface area contributed by atoms with Crippen LogP contribution >= 0.6 is 23.5 Å². The minimum absolute atomic E-state index is 0.0565. The van der Waals surface area contributed by atoms with Crippen LogP contribution in [-0.2, 0) is 4.79 Å². The number of carbonyl (C=O) groups excluding carboxylic acids is 1. The summed E-state index contributed by atoms with van der Waals surface area (Å²) in [5, 5.41) is 3.61. The molecule has 2 aromatic rings. The number of hydrogen-bond acceptors (Lipinski definition) is 5. The average Bonchev–Trinajstić information content (AvgIpc) is 2.96. The van der Waals surface area contributed by atoms with E-state index in [-0.39, 0.29) is 5.91 Å². The summed E-state index contributed by atoms with van der Waals surface area (Å²) in [6.45, 7) is 0. The van der Waals surface area contributed by atoms with E-state index in [1.807, 2.05) is 18.2 Å². The van der Waals surface area contributed by atoms with Gasteiger partial charge < -0.3 is 5.32 Å². The Morgan fingerprint density at radius 1 is 1.30 bits per heavy atom. The van der Waals surface area contributed by atoms with Crippen molar-refractivity contribution in [2.24, 2.45) is 0 Å². The molecule has 20 heavy (non-hydrogen) atoms. The van der Waals surface area contributed by atoms with E-state index >= 15 is 0 Å². The normalized spacial score (nSPS) is 16.4. The molecule has 6 heteroatoms. The van der Waals surface area contributed by atoms with Crippen molar-refractivity contribution >= 4 is 46.1 Å². The first-order valence-electron chi connectivity index (χ1n) is 6.95. The highest BCUT2D eigenvalue weighted by molar-refractivity contribution is 8.00. The number of hydrogen-bond donors (Lipinski definition) is 1. The molecule has 106 valence electrons. The van der Waals surface area contributed by atoms with E-state index in [4.69, 9.17) is 0 Å². The summed E-state index contributed by atoms with van der Waals surface area (Å²) >= 11 is 2.96. The van der Waals surface area contributed by atoms with Gasteiger partial charge in [0, 0.05) is 5.25 Å². The van der Waals surface area contributed by atoms with Crippen molar-refractivity contribution in [2.75, 3.05) is 11.1 Å². The number of rotatable bonds is 4. The fraction of sp³-hybridized carbons (Fsp3) is 0.500. The van der Waals surface area contributed by atoms with Gasteiger partial charge in [0.15, 0.2) is 0 Å². The zero-order chi connectivity index (χ0) is 13.8. The van der Waals surface area contributed by atoms with Gasteiger partial charge in [-0.2, -0.15) is 8.75 Å². The van der Waals surface area contributed by atoms with Crippen LogP contribution in [0.4, 0.5) is 5.69 Å². The van der Waals surface area contributed by atoms with Crippen molar-refractivity contribution in [3.05, 3.63) is 18.2 Å². The highest BCUT2D eigenvalue weighted by atomic mass is 32.2. The van der Waals surface area contributed by atoms with Gasteiger partial charge in [-0.1, -0.05) is 25.3 Å². The molecular formula is C14H17N3OS2. The van der Waals surface area contributed by atoms with Crippen molar-refractivity contribution in [3.63, 3.8) is 0 Å². The van der Waals surface area contributed by atoms with Crippen LogP contribution in [0, 0.1) is 0 Å². The fourth-order valence-corrected chi connectivity index (χ4v) is 4.19. The molecule has 0 saturated heterocycles.